The third kappa shape index (κ3) is 3.52. The van der Waals surface area contributed by atoms with E-state index in [9.17, 15) is 4.79 Å². The number of carbonyl (C=O) groups is 1. The van der Waals surface area contributed by atoms with E-state index in [-0.39, 0.29) is 11.9 Å². The molecule has 4 rings (SSSR count). The van der Waals surface area contributed by atoms with Gasteiger partial charge in [-0.15, -0.1) is 0 Å². The summed E-state index contributed by atoms with van der Waals surface area (Å²) in [4.78, 5) is 19.7. The lowest BCUT2D eigenvalue weighted by Crippen LogP contribution is -2.48. The minimum Gasteiger partial charge on any atom is -0.355 e. The highest BCUT2D eigenvalue weighted by atomic mass is 16.2. The lowest BCUT2D eigenvalue weighted by molar-refractivity contribution is 0.0923. The predicted octanol–water partition coefficient (Wildman–Crippen LogP) is 2.98. The Balaban J connectivity index is 1.51. The summed E-state index contributed by atoms with van der Waals surface area (Å²) in [6.45, 7) is 5.75. The van der Waals surface area contributed by atoms with Crippen molar-refractivity contribution < 1.29 is 4.79 Å². The summed E-state index contributed by atoms with van der Waals surface area (Å²) < 4.78 is 1.64. The molecule has 2 aromatic heterocycles. The zero-order valence-electron chi connectivity index (χ0n) is 16.1. The lowest BCUT2D eigenvalue weighted by atomic mass is 10.0. The van der Waals surface area contributed by atoms with Gasteiger partial charge in [-0.25, -0.2) is 4.98 Å². The molecule has 27 heavy (non-hydrogen) atoms. The molecule has 140 valence electrons. The molecule has 6 nitrogen and oxygen atoms in total. The number of hydrogen-bond donors (Lipinski definition) is 1. The zero-order valence-corrected chi connectivity index (χ0v) is 16.1. The van der Waals surface area contributed by atoms with Crippen LogP contribution in [0.5, 0.6) is 0 Å². The standard InChI is InChI=1S/C21H25N5O/c1-14-11-20(23-18-9-5-4-8-17(14)18)26-10-6-7-16(13-26)22-21(27)19-12-15(2)24-25(19)3/h4-5,8-9,11-12,16H,6-7,10,13H2,1-3H3,(H,22,27). The van der Waals surface area contributed by atoms with Crippen molar-refractivity contribution in [2.24, 2.45) is 7.05 Å². The van der Waals surface area contributed by atoms with Gasteiger partial charge in [0.2, 0.25) is 0 Å². The summed E-state index contributed by atoms with van der Waals surface area (Å²) in [7, 11) is 1.80. The van der Waals surface area contributed by atoms with Crippen LogP contribution in [0.15, 0.2) is 36.4 Å². The third-order valence-corrected chi connectivity index (χ3v) is 5.22. The molecule has 1 unspecified atom stereocenters. The molecule has 1 atom stereocenters. The molecule has 1 N–H and O–H groups in total. The van der Waals surface area contributed by atoms with Crippen molar-refractivity contribution in [3.8, 4) is 0 Å². The van der Waals surface area contributed by atoms with E-state index in [1.54, 1.807) is 11.7 Å². The van der Waals surface area contributed by atoms with Gasteiger partial charge in [0.15, 0.2) is 0 Å². The number of nitrogens with one attached hydrogen (secondary N) is 1. The third-order valence-electron chi connectivity index (χ3n) is 5.22. The number of hydrogen-bond acceptors (Lipinski definition) is 4. The summed E-state index contributed by atoms with van der Waals surface area (Å²) in [6, 6.07) is 12.3. The Labute approximate surface area is 159 Å². The van der Waals surface area contributed by atoms with Gasteiger partial charge in [0, 0.05) is 31.6 Å². The average molecular weight is 363 g/mol. The van der Waals surface area contributed by atoms with Crippen molar-refractivity contribution in [3.05, 3.63) is 53.3 Å². The second-order valence-electron chi connectivity index (χ2n) is 7.37. The number of carbonyl (C=O) groups excluding carboxylic acids is 1. The Morgan fingerprint density at radius 1 is 1.22 bits per heavy atom. The molecule has 1 aliphatic heterocycles. The number of pyridine rings is 1. The van der Waals surface area contributed by atoms with E-state index >= 15 is 0 Å². The Morgan fingerprint density at radius 3 is 2.81 bits per heavy atom. The van der Waals surface area contributed by atoms with E-state index in [0.29, 0.717) is 5.69 Å². The second kappa shape index (κ2) is 7.02. The summed E-state index contributed by atoms with van der Waals surface area (Å²) in [5, 5.41) is 8.62. The Kier molecular flexibility index (Phi) is 4.56. The van der Waals surface area contributed by atoms with Gasteiger partial charge >= 0.3 is 0 Å². The zero-order chi connectivity index (χ0) is 19.0. The molecular formula is C21H25N5O. The van der Waals surface area contributed by atoms with Gasteiger partial charge in [0.25, 0.3) is 5.91 Å². The molecule has 0 saturated carbocycles. The molecule has 1 fully saturated rings. The highest BCUT2D eigenvalue weighted by Crippen LogP contribution is 2.24. The highest BCUT2D eigenvalue weighted by Gasteiger charge is 2.24. The second-order valence-corrected chi connectivity index (χ2v) is 7.37. The first-order valence-corrected chi connectivity index (χ1v) is 9.44. The first kappa shape index (κ1) is 17.5. The number of rotatable bonds is 3. The number of fused-ring (bicyclic) bond motifs is 1. The van der Waals surface area contributed by atoms with E-state index in [4.69, 9.17) is 4.98 Å². The first-order chi connectivity index (χ1) is 13.0. The molecule has 1 amide bonds. The number of amides is 1. The van der Waals surface area contributed by atoms with Crippen LogP contribution in [0.4, 0.5) is 5.82 Å². The number of piperidine rings is 1. The molecule has 3 aromatic rings. The topological polar surface area (TPSA) is 63.1 Å². The van der Waals surface area contributed by atoms with Gasteiger partial charge in [0.1, 0.15) is 11.5 Å². The lowest BCUT2D eigenvalue weighted by Gasteiger charge is -2.34. The molecule has 0 spiro atoms. The van der Waals surface area contributed by atoms with Crippen molar-refractivity contribution in [1.29, 1.82) is 0 Å². The number of aryl methyl sites for hydroxylation is 3. The van der Waals surface area contributed by atoms with Crippen molar-refractivity contribution in [1.82, 2.24) is 20.1 Å². The molecular weight excluding hydrogens is 338 g/mol. The van der Waals surface area contributed by atoms with Gasteiger partial charge in [-0.1, -0.05) is 18.2 Å². The first-order valence-electron chi connectivity index (χ1n) is 9.44. The van der Waals surface area contributed by atoms with Gasteiger partial charge < -0.3 is 10.2 Å². The Hall–Kier alpha value is -2.89. The van der Waals surface area contributed by atoms with Crippen LogP contribution in [0, 0.1) is 13.8 Å². The van der Waals surface area contributed by atoms with Gasteiger partial charge in [0.05, 0.1) is 11.2 Å². The van der Waals surface area contributed by atoms with Crippen LogP contribution in [0.2, 0.25) is 0 Å². The van der Waals surface area contributed by atoms with E-state index in [1.165, 1.54) is 10.9 Å². The molecule has 0 radical (unpaired) electrons. The van der Waals surface area contributed by atoms with Crippen LogP contribution in [-0.4, -0.2) is 39.8 Å². The van der Waals surface area contributed by atoms with Crippen LogP contribution < -0.4 is 10.2 Å². The van der Waals surface area contributed by atoms with Crippen LogP contribution in [0.1, 0.15) is 34.6 Å². The van der Waals surface area contributed by atoms with E-state index in [2.05, 4.69) is 40.4 Å². The van der Waals surface area contributed by atoms with E-state index in [0.717, 1.165) is 43.0 Å². The summed E-state index contributed by atoms with van der Waals surface area (Å²) in [5.74, 6) is 0.925. The quantitative estimate of drug-likeness (QED) is 0.777. The van der Waals surface area contributed by atoms with Crippen molar-refractivity contribution in [3.63, 3.8) is 0 Å². The summed E-state index contributed by atoms with van der Waals surface area (Å²) in [5.41, 5.74) is 3.70. The summed E-state index contributed by atoms with van der Waals surface area (Å²) >= 11 is 0. The van der Waals surface area contributed by atoms with E-state index in [1.807, 2.05) is 25.1 Å². The van der Waals surface area contributed by atoms with Crippen molar-refractivity contribution in [2.45, 2.75) is 32.7 Å². The predicted molar refractivity (Wildman–Crippen MR) is 107 cm³/mol. The normalized spacial score (nSPS) is 17.3. The maximum Gasteiger partial charge on any atom is 0.269 e. The number of aromatic nitrogens is 3. The Bertz CT molecular complexity index is 993. The number of nitrogens with zero attached hydrogens (tertiary/aromatic N) is 4. The SMILES string of the molecule is Cc1cc(C(=O)NC2CCCN(c3cc(C)c4ccccc4n3)C2)n(C)n1. The number of anilines is 1. The highest BCUT2D eigenvalue weighted by molar-refractivity contribution is 5.93. The molecule has 3 heterocycles. The van der Waals surface area contributed by atoms with Crippen LogP contribution >= 0.6 is 0 Å². The largest absolute Gasteiger partial charge is 0.355 e. The maximum atomic E-state index is 12.6. The fraction of sp³-hybridized carbons (Fsp3) is 0.381. The van der Waals surface area contributed by atoms with Crippen LogP contribution in [0.25, 0.3) is 10.9 Å². The van der Waals surface area contributed by atoms with E-state index < -0.39 is 0 Å². The maximum absolute atomic E-state index is 12.6. The smallest absolute Gasteiger partial charge is 0.269 e. The van der Waals surface area contributed by atoms with Gasteiger partial charge in [-0.05, 0) is 50.5 Å². The monoisotopic (exact) mass is 363 g/mol. The molecule has 6 heteroatoms. The molecule has 0 bridgehead atoms. The summed E-state index contributed by atoms with van der Waals surface area (Å²) in [6.07, 6.45) is 2.01. The van der Waals surface area contributed by atoms with Crippen molar-refractivity contribution >= 4 is 22.6 Å². The molecule has 1 aromatic carbocycles. The average Bonchev–Trinajstić information content (AvgIpc) is 3.00. The van der Waals surface area contributed by atoms with Crippen molar-refractivity contribution in [2.75, 3.05) is 18.0 Å². The number of para-hydroxylation sites is 1. The van der Waals surface area contributed by atoms with Crippen LogP contribution in [0.3, 0.4) is 0 Å². The Morgan fingerprint density at radius 2 is 2.04 bits per heavy atom. The van der Waals surface area contributed by atoms with Gasteiger partial charge in [-0.2, -0.15) is 5.10 Å². The van der Waals surface area contributed by atoms with Crippen LogP contribution in [-0.2, 0) is 7.05 Å². The minimum atomic E-state index is -0.0624. The fourth-order valence-corrected chi connectivity index (χ4v) is 3.88. The molecule has 1 saturated heterocycles. The molecule has 0 aliphatic carbocycles. The molecule has 1 aliphatic rings. The van der Waals surface area contributed by atoms with Gasteiger partial charge in [-0.3, -0.25) is 9.48 Å². The number of benzene rings is 1. The fourth-order valence-electron chi connectivity index (χ4n) is 3.88. The minimum absolute atomic E-state index is 0.0624.